The third-order valence-corrected chi connectivity index (χ3v) is 4.96. The van der Waals surface area contributed by atoms with Crippen LogP contribution in [-0.2, 0) is 19.1 Å². The Morgan fingerprint density at radius 1 is 1.50 bits per heavy atom. The molecule has 0 radical (unpaired) electrons. The molecule has 0 aromatic rings. The van der Waals surface area contributed by atoms with Gasteiger partial charge in [-0.2, -0.15) is 0 Å². The van der Waals surface area contributed by atoms with Crippen molar-refractivity contribution in [3.05, 3.63) is 0 Å². The predicted octanol–water partition coefficient (Wildman–Crippen LogP) is 1.01. The molecule has 3 saturated heterocycles. The minimum atomic E-state index is -0.714. The lowest BCUT2D eigenvalue weighted by Crippen LogP contribution is -2.51. The number of ether oxygens (including phenoxy) is 2. The molecule has 1 spiro atoms. The van der Waals surface area contributed by atoms with Gasteiger partial charge in [0.05, 0.1) is 6.61 Å². The summed E-state index contributed by atoms with van der Waals surface area (Å²) in [7, 11) is 0. The fraction of sp³-hybridized carbons (Fsp3) is 0.867. The number of carbonyl (C=O) groups excluding carboxylic acids is 2. The molecular formula is C15H23NO4. The number of carbonyl (C=O) groups is 2. The van der Waals surface area contributed by atoms with E-state index in [1.54, 1.807) is 6.92 Å². The van der Waals surface area contributed by atoms with E-state index in [-0.39, 0.29) is 11.8 Å². The minimum absolute atomic E-state index is 0.0564. The summed E-state index contributed by atoms with van der Waals surface area (Å²) in [5.41, 5.74) is -0.610. The molecule has 3 heterocycles. The smallest absolute Gasteiger partial charge is 0.319 e. The molecule has 3 rings (SSSR count). The summed E-state index contributed by atoms with van der Waals surface area (Å²) in [6, 6.07) is 0. The summed E-state index contributed by atoms with van der Waals surface area (Å²) in [6.45, 7) is 6.82. The van der Waals surface area contributed by atoms with Gasteiger partial charge in [0, 0.05) is 19.0 Å². The summed E-state index contributed by atoms with van der Waals surface area (Å²) in [5, 5.41) is 0. The normalized spacial score (nSPS) is 42.6. The zero-order valence-electron chi connectivity index (χ0n) is 12.3. The molecular weight excluding hydrogens is 258 g/mol. The Morgan fingerprint density at radius 3 is 2.85 bits per heavy atom. The standard InChI is InChI=1S/C15H23NO4/c1-3-5-11-13(17)12(14(18)19-4-2)15(20-11)9-16-7-6-10(15)8-16/h10-12H,3-9H2,1-2H3/t10-,11-,12?,15-/m0/s1. The first-order chi connectivity index (χ1) is 9.62. The average Bonchev–Trinajstić information content (AvgIpc) is 3.05. The molecule has 3 aliphatic rings. The van der Waals surface area contributed by atoms with Crippen LogP contribution in [0.25, 0.3) is 0 Å². The molecule has 3 fully saturated rings. The van der Waals surface area contributed by atoms with E-state index in [9.17, 15) is 9.59 Å². The van der Waals surface area contributed by atoms with Gasteiger partial charge in [-0.3, -0.25) is 9.59 Å². The van der Waals surface area contributed by atoms with Crippen LogP contribution in [0.3, 0.4) is 0 Å². The van der Waals surface area contributed by atoms with Gasteiger partial charge in [-0.1, -0.05) is 13.3 Å². The number of Topliss-reactive ketones (excluding diaryl/α,β-unsaturated/α-hetero) is 1. The van der Waals surface area contributed by atoms with E-state index in [0.717, 1.165) is 25.9 Å². The van der Waals surface area contributed by atoms with Crippen molar-refractivity contribution in [3.63, 3.8) is 0 Å². The zero-order chi connectivity index (χ0) is 14.3. The van der Waals surface area contributed by atoms with Crippen LogP contribution < -0.4 is 0 Å². The Labute approximate surface area is 119 Å². The zero-order valence-corrected chi connectivity index (χ0v) is 12.3. The molecule has 20 heavy (non-hydrogen) atoms. The van der Waals surface area contributed by atoms with E-state index in [2.05, 4.69) is 4.90 Å². The lowest BCUT2D eigenvalue weighted by atomic mass is 9.76. The van der Waals surface area contributed by atoms with E-state index >= 15 is 0 Å². The van der Waals surface area contributed by atoms with Crippen LogP contribution in [0.2, 0.25) is 0 Å². The van der Waals surface area contributed by atoms with Crippen LogP contribution in [0.1, 0.15) is 33.1 Å². The maximum Gasteiger partial charge on any atom is 0.319 e. The van der Waals surface area contributed by atoms with Crippen molar-refractivity contribution >= 4 is 11.8 Å². The first-order valence-corrected chi connectivity index (χ1v) is 7.73. The van der Waals surface area contributed by atoms with E-state index in [4.69, 9.17) is 9.47 Å². The topological polar surface area (TPSA) is 55.8 Å². The molecule has 112 valence electrons. The highest BCUT2D eigenvalue weighted by Gasteiger charge is 2.66. The lowest BCUT2D eigenvalue weighted by Gasteiger charge is -2.36. The number of nitrogens with zero attached hydrogens (tertiary/aromatic N) is 1. The Hall–Kier alpha value is -0.940. The third kappa shape index (κ3) is 1.91. The minimum Gasteiger partial charge on any atom is -0.465 e. The Bertz CT molecular complexity index is 424. The van der Waals surface area contributed by atoms with E-state index in [1.165, 1.54) is 0 Å². The molecule has 2 unspecified atom stereocenters. The van der Waals surface area contributed by atoms with Crippen molar-refractivity contribution in [1.29, 1.82) is 0 Å². The highest BCUT2D eigenvalue weighted by atomic mass is 16.6. The quantitative estimate of drug-likeness (QED) is 0.568. The highest BCUT2D eigenvalue weighted by molar-refractivity contribution is 6.04. The van der Waals surface area contributed by atoms with Crippen molar-refractivity contribution in [1.82, 2.24) is 4.90 Å². The van der Waals surface area contributed by atoms with E-state index < -0.39 is 17.6 Å². The van der Waals surface area contributed by atoms with E-state index in [1.807, 2.05) is 6.92 Å². The molecule has 5 heteroatoms. The maximum atomic E-state index is 12.6. The Morgan fingerprint density at radius 2 is 2.30 bits per heavy atom. The van der Waals surface area contributed by atoms with Crippen molar-refractivity contribution in [2.45, 2.75) is 44.8 Å². The number of rotatable bonds is 4. The molecule has 5 atom stereocenters. The van der Waals surface area contributed by atoms with Crippen LogP contribution in [0.4, 0.5) is 0 Å². The van der Waals surface area contributed by atoms with Crippen LogP contribution in [0, 0.1) is 11.8 Å². The van der Waals surface area contributed by atoms with Crippen molar-refractivity contribution in [2.75, 3.05) is 26.2 Å². The van der Waals surface area contributed by atoms with Gasteiger partial charge in [0.2, 0.25) is 0 Å². The van der Waals surface area contributed by atoms with Gasteiger partial charge < -0.3 is 14.4 Å². The molecule has 0 saturated carbocycles. The van der Waals surface area contributed by atoms with Crippen molar-refractivity contribution in [2.24, 2.45) is 11.8 Å². The van der Waals surface area contributed by atoms with Gasteiger partial charge in [-0.15, -0.1) is 0 Å². The van der Waals surface area contributed by atoms with E-state index in [0.29, 0.717) is 25.5 Å². The predicted molar refractivity (Wildman–Crippen MR) is 72.2 cm³/mol. The maximum absolute atomic E-state index is 12.6. The summed E-state index contributed by atoms with van der Waals surface area (Å²) >= 11 is 0. The molecule has 0 N–H and O–H groups in total. The second kappa shape index (κ2) is 5.11. The van der Waals surface area contributed by atoms with Gasteiger partial charge >= 0.3 is 5.97 Å². The largest absolute Gasteiger partial charge is 0.465 e. The van der Waals surface area contributed by atoms with Gasteiger partial charge in [0.1, 0.15) is 17.6 Å². The summed E-state index contributed by atoms with van der Waals surface area (Å²) in [5.74, 6) is -0.860. The fourth-order valence-corrected chi connectivity index (χ4v) is 4.14. The number of ketones is 1. The van der Waals surface area contributed by atoms with Crippen molar-refractivity contribution in [3.8, 4) is 0 Å². The molecule has 0 aliphatic carbocycles. The fourth-order valence-electron chi connectivity index (χ4n) is 4.14. The number of fused-ring (bicyclic) bond motifs is 3. The van der Waals surface area contributed by atoms with Gasteiger partial charge in [-0.25, -0.2) is 0 Å². The second-order valence-corrected chi connectivity index (χ2v) is 6.16. The van der Waals surface area contributed by atoms with Crippen LogP contribution in [-0.4, -0.2) is 54.6 Å². The first kappa shape index (κ1) is 14.0. The third-order valence-electron chi connectivity index (χ3n) is 4.96. The first-order valence-electron chi connectivity index (χ1n) is 7.73. The Balaban J connectivity index is 1.90. The summed E-state index contributed by atoms with van der Waals surface area (Å²) in [6.07, 6.45) is 2.18. The molecule has 0 amide bonds. The number of piperidine rings is 1. The highest BCUT2D eigenvalue weighted by Crippen LogP contribution is 2.49. The van der Waals surface area contributed by atoms with Crippen LogP contribution in [0.5, 0.6) is 0 Å². The Kier molecular flexibility index (Phi) is 3.58. The van der Waals surface area contributed by atoms with Gasteiger partial charge in [0.15, 0.2) is 5.78 Å². The molecule has 3 aliphatic heterocycles. The summed E-state index contributed by atoms with van der Waals surface area (Å²) < 4.78 is 11.3. The molecule has 5 nitrogen and oxygen atoms in total. The lowest BCUT2D eigenvalue weighted by molar-refractivity contribution is -0.159. The van der Waals surface area contributed by atoms with Gasteiger partial charge in [-0.05, 0) is 26.3 Å². The summed E-state index contributed by atoms with van der Waals surface area (Å²) in [4.78, 5) is 27.2. The molecule has 0 aromatic heterocycles. The van der Waals surface area contributed by atoms with Crippen molar-refractivity contribution < 1.29 is 19.1 Å². The monoisotopic (exact) mass is 281 g/mol. The molecule has 0 aromatic carbocycles. The number of hydrogen-bond donors (Lipinski definition) is 0. The van der Waals surface area contributed by atoms with Crippen LogP contribution >= 0.6 is 0 Å². The van der Waals surface area contributed by atoms with Gasteiger partial charge in [0.25, 0.3) is 0 Å². The molecule has 2 bridgehead atoms. The number of hydrogen-bond acceptors (Lipinski definition) is 5. The SMILES string of the molecule is CCC[C@@H]1O[C@]2(CN3CC[C@H]2C3)C(C(=O)OCC)C1=O. The van der Waals surface area contributed by atoms with Crippen LogP contribution in [0.15, 0.2) is 0 Å². The second-order valence-electron chi connectivity index (χ2n) is 6.16. The average molecular weight is 281 g/mol. The number of esters is 1.